The van der Waals surface area contributed by atoms with E-state index < -0.39 is 5.91 Å². The highest BCUT2D eigenvalue weighted by molar-refractivity contribution is 6.00. The molecule has 1 saturated heterocycles. The Bertz CT molecular complexity index is 1060. The van der Waals surface area contributed by atoms with Gasteiger partial charge in [0, 0.05) is 19.1 Å². The lowest BCUT2D eigenvalue weighted by Crippen LogP contribution is -2.47. The zero-order chi connectivity index (χ0) is 21.2. The summed E-state index contributed by atoms with van der Waals surface area (Å²) < 4.78 is 7.52. The first-order valence-electron chi connectivity index (χ1n) is 10.7. The molecule has 0 spiro atoms. The Morgan fingerprint density at radius 1 is 1.00 bits per heavy atom. The second kappa shape index (κ2) is 8.31. The number of piperidine rings is 1. The largest absolute Gasteiger partial charge is 0.457 e. The predicted molar refractivity (Wildman–Crippen MR) is 120 cm³/mol. The highest BCUT2D eigenvalue weighted by atomic mass is 16.5. The molecule has 0 radical (unpaired) electrons. The third-order valence-electron chi connectivity index (χ3n) is 5.84. The molecule has 0 saturated carbocycles. The Hall–Kier alpha value is -3.52. The molecule has 2 aromatic carbocycles. The summed E-state index contributed by atoms with van der Waals surface area (Å²) in [5.74, 6) is 1.78. The number of nitrogens with two attached hydrogens (primary N) is 1. The van der Waals surface area contributed by atoms with Crippen LogP contribution < -0.4 is 26.0 Å². The van der Waals surface area contributed by atoms with Crippen LogP contribution in [0.4, 0.5) is 11.5 Å². The first-order chi connectivity index (χ1) is 15.2. The number of rotatable bonds is 5. The molecule has 0 atom stereocenters. The summed E-state index contributed by atoms with van der Waals surface area (Å²) in [6.45, 7) is 3.61. The van der Waals surface area contributed by atoms with Crippen LogP contribution in [0.15, 0.2) is 54.6 Å². The number of anilines is 2. The van der Waals surface area contributed by atoms with E-state index in [0.29, 0.717) is 17.5 Å². The molecule has 0 aliphatic carbocycles. The number of hydrogen-bond acceptors (Lipinski definition) is 6. The number of carbonyl (C=O) groups excluding carboxylic acids is 1. The molecule has 1 amide bonds. The second-order valence-corrected chi connectivity index (χ2v) is 7.83. The minimum absolute atomic E-state index is 0.380. The topological polar surface area (TPSA) is 97.4 Å². The number of hydrogen-bond donors (Lipinski definition) is 3. The van der Waals surface area contributed by atoms with Gasteiger partial charge < -0.3 is 26.0 Å². The Balaban J connectivity index is 1.47. The summed E-state index contributed by atoms with van der Waals surface area (Å²) >= 11 is 0. The van der Waals surface area contributed by atoms with Crippen LogP contribution in [0.5, 0.6) is 11.5 Å². The molecule has 1 aromatic heterocycles. The summed E-state index contributed by atoms with van der Waals surface area (Å²) in [4.78, 5) is 14.7. The van der Waals surface area contributed by atoms with Crippen LogP contribution in [0, 0.1) is 0 Å². The number of fused-ring (bicyclic) bond motifs is 1. The summed E-state index contributed by atoms with van der Waals surface area (Å²) in [6.07, 6.45) is 2.12. The van der Waals surface area contributed by atoms with Crippen LogP contribution in [0.1, 0.15) is 23.3 Å². The quantitative estimate of drug-likeness (QED) is 0.590. The van der Waals surface area contributed by atoms with E-state index in [-0.39, 0.29) is 0 Å². The summed E-state index contributed by atoms with van der Waals surface area (Å²) in [5, 5.41) is 11.6. The normalized spacial score (nSPS) is 16.5. The van der Waals surface area contributed by atoms with Crippen molar-refractivity contribution in [1.82, 2.24) is 15.1 Å². The molecule has 8 heteroatoms. The molecule has 3 aromatic rings. The average Bonchev–Trinajstić information content (AvgIpc) is 3.21. The molecule has 1 fully saturated rings. The Kier molecular flexibility index (Phi) is 5.21. The Labute approximate surface area is 181 Å². The molecular weight excluding hydrogens is 392 g/mol. The van der Waals surface area contributed by atoms with Gasteiger partial charge in [-0.05, 0) is 62.3 Å². The Morgan fingerprint density at radius 2 is 1.71 bits per heavy atom. The fraction of sp³-hybridized carbons (Fsp3) is 0.304. The number of carbonyl (C=O) groups is 1. The van der Waals surface area contributed by atoms with Crippen LogP contribution in [0.3, 0.4) is 0 Å². The number of nitrogens with one attached hydrogen (secondary N) is 2. The van der Waals surface area contributed by atoms with Crippen molar-refractivity contribution in [1.29, 1.82) is 0 Å². The molecule has 4 N–H and O–H groups in total. The van der Waals surface area contributed by atoms with Crippen LogP contribution in [-0.4, -0.2) is 47.9 Å². The number of para-hydroxylation sites is 1. The molecule has 0 unspecified atom stereocenters. The summed E-state index contributed by atoms with van der Waals surface area (Å²) in [7, 11) is 0. The first-order valence-corrected chi connectivity index (χ1v) is 10.7. The van der Waals surface area contributed by atoms with Crippen molar-refractivity contribution in [3.63, 3.8) is 0 Å². The molecule has 160 valence electrons. The van der Waals surface area contributed by atoms with E-state index >= 15 is 0 Å². The van der Waals surface area contributed by atoms with Gasteiger partial charge in [-0.25, -0.2) is 4.68 Å². The van der Waals surface area contributed by atoms with Crippen LogP contribution in [-0.2, 0) is 0 Å². The van der Waals surface area contributed by atoms with Crippen LogP contribution >= 0.6 is 0 Å². The van der Waals surface area contributed by atoms with E-state index in [1.165, 1.54) is 0 Å². The van der Waals surface area contributed by atoms with Gasteiger partial charge in [0.25, 0.3) is 5.91 Å². The lowest BCUT2D eigenvalue weighted by Gasteiger charge is -2.37. The van der Waals surface area contributed by atoms with Gasteiger partial charge in [-0.3, -0.25) is 4.79 Å². The number of ether oxygens (including phenoxy) is 1. The van der Waals surface area contributed by atoms with Crippen LogP contribution in [0.2, 0.25) is 0 Å². The van der Waals surface area contributed by atoms with Crippen molar-refractivity contribution in [2.45, 2.75) is 18.9 Å². The van der Waals surface area contributed by atoms with E-state index in [1.807, 2.05) is 54.6 Å². The smallest absolute Gasteiger partial charge is 0.269 e. The number of amides is 1. The number of nitrogens with zero attached hydrogens (tertiary/aromatic N) is 3. The van der Waals surface area contributed by atoms with Gasteiger partial charge in [0.2, 0.25) is 0 Å². The second-order valence-electron chi connectivity index (χ2n) is 7.83. The van der Waals surface area contributed by atoms with E-state index in [0.717, 1.165) is 62.0 Å². The van der Waals surface area contributed by atoms with Crippen molar-refractivity contribution >= 4 is 17.4 Å². The zero-order valence-corrected chi connectivity index (χ0v) is 17.3. The highest BCUT2D eigenvalue weighted by Gasteiger charge is 2.32. The van der Waals surface area contributed by atoms with E-state index in [1.54, 1.807) is 4.68 Å². The third kappa shape index (κ3) is 3.82. The number of primary amides is 1. The lowest BCUT2D eigenvalue weighted by atomic mass is 10.0. The van der Waals surface area contributed by atoms with Crippen molar-refractivity contribution in [2.24, 2.45) is 5.73 Å². The van der Waals surface area contributed by atoms with E-state index in [9.17, 15) is 4.79 Å². The maximum atomic E-state index is 12.4. The van der Waals surface area contributed by atoms with Crippen molar-refractivity contribution in [3.8, 4) is 17.2 Å². The van der Waals surface area contributed by atoms with E-state index in [4.69, 9.17) is 15.6 Å². The lowest BCUT2D eigenvalue weighted by molar-refractivity contribution is 0.0993. The standard InChI is InChI=1S/C23H26N6O2/c24-22(30)21-20-23(28(15-14-26-20)16-10-12-25-13-11-16)27-29(21)17-6-8-19(9-7-17)31-18-4-2-1-3-5-18/h1-9,16,25-26H,10-15H2,(H2,24,30). The van der Waals surface area contributed by atoms with Gasteiger partial charge in [-0.15, -0.1) is 5.10 Å². The highest BCUT2D eigenvalue weighted by Crippen LogP contribution is 2.36. The fourth-order valence-electron chi connectivity index (χ4n) is 4.35. The minimum Gasteiger partial charge on any atom is -0.457 e. The fourth-order valence-corrected chi connectivity index (χ4v) is 4.35. The monoisotopic (exact) mass is 418 g/mol. The van der Waals surface area contributed by atoms with Crippen molar-refractivity contribution < 1.29 is 9.53 Å². The maximum Gasteiger partial charge on any atom is 0.269 e. The van der Waals surface area contributed by atoms with Gasteiger partial charge >= 0.3 is 0 Å². The third-order valence-corrected chi connectivity index (χ3v) is 5.84. The van der Waals surface area contributed by atoms with Gasteiger partial charge in [-0.2, -0.15) is 0 Å². The van der Waals surface area contributed by atoms with Crippen molar-refractivity contribution in [3.05, 3.63) is 60.3 Å². The molecule has 3 heterocycles. The molecule has 0 bridgehead atoms. The molecule has 2 aliphatic rings. The average molecular weight is 419 g/mol. The SMILES string of the molecule is NC(=O)c1c2c(nn1-c1ccc(Oc3ccccc3)cc1)N(C1CCNCC1)CCN2. The van der Waals surface area contributed by atoms with Gasteiger partial charge in [0.1, 0.15) is 17.2 Å². The number of benzene rings is 2. The maximum absolute atomic E-state index is 12.4. The molecular formula is C23H26N6O2. The first kappa shape index (κ1) is 19.4. The molecule has 31 heavy (non-hydrogen) atoms. The molecule has 2 aliphatic heterocycles. The minimum atomic E-state index is -0.502. The summed E-state index contributed by atoms with van der Waals surface area (Å²) in [5.41, 5.74) is 7.65. The number of aromatic nitrogens is 2. The van der Waals surface area contributed by atoms with Gasteiger partial charge in [0.15, 0.2) is 11.5 Å². The molecule has 8 nitrogen and oxygen atoms in total. The van der Waals surface area contributed by atoms with Crippen molar-refractivity contribution in [2.75, 3.05) is 36.4 Å². The predicted octanol–water partition coefficient (Wildman–Crippen LogP) is 2.75. The van der Waals surface area contributed by atoms with E-state index in [2.05, 4.69) is 15.5 Å². The molecule has 5 rings (SSSR count). The summed E-state index contributed by atoms with van der Waals surface area (Å²) in [6, 6.07) is 17.5. The van der Waals surface area contributed by atoms with Crippen LogP contribution in [0.25, 0.3) is 5.69 Å². The zero-order valence-electron chi connectivity index (χ0n) is 17.3. The van der Waals surface area contributed by atoms with Gasteiger partial charge in [-0.1, -0.05) is 18.2 Å². The van der Waals surface area contributed by atoms with Gasteiger partial charge in [0.05, 0.1) is 5.69 Å². The Morgan fingerprint density at radius 3 is 2.42 bits per heavy atom.